The van der Waals surface area contributed by atoms with Crippen molar-refractivity contribution in [3.05, 3.63) is 94.4 Å². The van der Waals surface area contributed by atoms with E-state index >= 15 is 0 Å². The van der Waals surface area contributed by atoms with Gasteiger partial charge in [-0.15, -0.1) is 0 Å². The van der Waals surface area contributed by atoms with E-state index in [1.165, 1.54) is 4.90 Å². The van der Waals surface area contributed by atoms with Crippen LogP contribution in [0.2, 0.25) is 0 Å². The van der Waals surface area contributed by atoms with Crippen molar-refractivity contribution in [2.24, 2.45) is 0 Å². The highest BCUT2D eigenvalue weighted by molar-refractivity contribution is 6.51. The molecule has 1 aliphatic rings. The summed E-state index contributed by atoms with van der Waals surface area (Å²) in [6.45, 7) is 5.66. The third-order valence-electron chi connectivity index (χ3n) is 5.01. The van der Waals surface area contributed by atoms with Crippen LogP contribution < -0.4 is 4.90 Å². The fourth-order valence-corrected chi connectivity index (χ4v) is 3.81. The van der Waals surface area contributed by atoms with Crippen molar-refractivity contribution in [3.8, 4) is 0 Å². The molecule has 1 saturated heterocycles. The normalized spacial score (nSPS) is 18.4. The lowest BCUT2D eigenvalue weighted by Crippen LogP contribution is -2.29. The Hall–Kier alpha value is -3.60. The van der Waals surface area contributed by atoms with Gasteiger partial charge < -0.3 is 9.52 Å². The smallest absolute Gasteiger partial charge is 0.300 e. The van der Waals surface area contributed by atoms with Gasteiger partial charge in [0.15, 0.2) is 0 Å². The molecule has 4 rings (SSSR count). The zero-order chi connectivity index (χ0) is 20.7. The van der Waals surface area contributed by atoms with Crippen LogP contribution in [0.3, 0.4) is 0 Å². The van der Waals surface area contributed by atoms with Crippen LogP contribution in [0.1, 0.15) is 34.3 Å². The van der Waals surface area contributed by atoms with E-state index in [-0.39, 0.29) is 11.3 Å². The Balaban J connectivity index is 1.96. The lowest BCUT2D eigenvalue weighted by atomic mass is 9.99. The fourth-order valence-electron chi connectivity index (χ4n) is 3.81. The Morgan fingerprint density at radius 3 is 2.17 bits per heavy atom. The van der Waals surface area contributed by atoms with Gasteiger partial charge in [0.2, 0.25) is 0 Å². The molecule has 3 aromatic rings. The number of hydrogen-bond donors (Lipinski definition) is 1. The van der Waals surface area contributed by atoms with Gasteiger partial charge in [0, 0.05) is 11.3 Å². The third-order valence-corrected chi connectivity index (χ3v) is 5.01. The van der Waals surface area contributed by atoms with Crippen molar-refractivity contribution in [1.29, 1.82) is 0 Å². The average molecular weight is 387 g/mol. The first kappa shape index (κ1) is 18.7. The summed E-state index contributed by atoms with van der Waals surface area (Å²) in [6, 6.07) is 17.1. The van der Waals surface area contributed by atoms with Crippen LogP contribution in [-0.2, 0) is 9.59 Å². The molecule has 5 heteroatoms. The number of hydrogen-bond acceptors (Lipinski definition) is 4. The second kappa shape index (κ2) is 7.09. The van der Waals surface area contributed by atoms with E-state index < -0.39 is 17.7 Å². The van der Waals surface area contributed by atoms with Gasteiger partial charge in [-0.1, -0.05) is 36.4 Å². The van der Waals surface area contributed by atoms with Crippen LogP contribution in [0, 0.1) is 20.8 Å². The van der Waals surface area contributed by atoms with Crippen LogP contribution in [0.5, 0.6) is 0 Å². The molecule has 0 radical (unpaired) electrons. The molecule has 1 amide bonds. The number of carbonyl (C=O) groups is 2. The minimum Gasteiger partial charge on any atom is -0.507 e. The van der Waals surface area contributed by atoms with Crippen molar-refractivity contribution >= 4 is 23.1 Å². The van der Waals surface area contributed by atoms with E-state index in [0.717, 1.165) is 11.1 Å². The predicted octanol–water partition coefficient (Wildman–Crippen LogP) is 4.83. The van der Waals surface area contributed by atoms with Gasteiger partial charge in [-0.3, -0.25) is 14.5 Å². The second-order valence-corrected chi connectivity index (χ2v) is 7.33. The number of ketones is 1. The highest BCUT2D eigenvalue weighted by Gasteiger charge is 2.48. The number of aryl methyl sites for hydroxylation is 3. The van der Waals surface area contributed by atoms with Gasteiger partial charge in [-0.05, 0) is 56.2 Å². The minimum absolute atomic E-state index is 0.0229. The van der Waals surface area contributed by atoms with Crippen LogP contribution in [-0.4, -0.2) is 16.8 Å². The maximum Gasteiger partial charge on any atom is 0.300 e. The molecule has 0 aliphatic carbocycles. The largest absolute Gasteiger partial charge is 0.507 e. The summed E-state index contributed by atoms with van der Waals surface area (Å²) in [7, 11) is 0. The monoisotopic (exact) mass is 387 g/mol. The highest BCUT2D eigenvalue weighted by Crippen LogP contribution is 2.43. The minimum atomic E-state index is -0.842. The number of anilines is 1. The van der Waals surface area contributed by atoms with Gasteiger partial charge in [0.25, 0.3) is 11.7 Å². The molecule has 2 aromatic carbocycles. The van der Waals surface area contributed by atoms with Crippen molar-refractivity contribution in [3.63, 3.8) is 0 Å². The molecule has 0 spiro atoms. The first-order valence-electron chi connectivity index (χ1n) is 9.38. The number of furan rings is 1. The van der Waals surface area contributed by atoms with E-state index in [0.29, 0.717) is 22.8 Å². The van der Waals surface area contributed by atoms with E-state index in [1.54, 1.807) is 43.3 Å². The molecule has 2 heterocycles. The molecule has 1 fully saturated rings. The van der Waals surface area contributed by atoms with Crippen LogP contribution in [0.4, 0.5) is 5.69 Å². The van der Waals surface area contributed by atoms with Gasteiger partial charge >= 0.3 is 0 Å². The van der Waals surface area contributed by atoms with Crippen molar-refractivity contribution in [2.75, 3.05) is 4.90 Å². The first-order chi connectivity index (χ1) is 13.9. The summed E-state index contributed by atoms with van der Waals surface area (Å²) in [5.41, 5.74) is 3.03. The molecule has 1 aromatic heterocycles. The molecule has 29 heavy (non-hydrogen) atoms. The molecular formula is C24H21NO4. The third kappa shape index (κ3) is 3.25. The first-order valence-corrected chi connectivity index (χ1v) is 9.38. The number of aliphatic hydroxyl groups excluding tert-OH is 1. The zero-order valence-corrected chi connectivity index (χ0v) is 16.5. The number of amides is 1. The van der Waals surface area contributed by atoms with E-state index in [2.05, 4.69) is 0 Å². The predicted molar refractivity (Wildman–Crippen MR) is 111 cm³/mol. The standard InChI is InChI=1S/C24H21NO4/c1-14-11-15(2)13-18(12-14)25-21(19-10-9-16(3)29-19)20(23(27)24(25)28)22(26)17-7-5-4-6-8-17/h4-13,21,26H,1-3H3/b22-20-. The summed E-state index contributed by atoms with van der Waals surface area (Å²) >= 11 is 0. The van der Waals surface area contributed by atoms with E-state index in [9.17, 15) is 14.7 Å². The summed E-state index contributed by atoms with van der Waals surface area (Å²) in [6.07, 6.45) is 0. The van der Waals surface area contributed by atoms with Crippen molar-refractivity contribution < 1.29 is 19.1 Å². The molecule has 1 unspecified atom stereocenters. The summed E-state index contributed by atoms with van der Waals surface area (Å²) < 4.78 is 5.80. The average Bonchev–Trinajstić information content (AvgIpc) is 3.22. The van der Waals surface area contributed by atoms with Gasteiger partial charge in [0.1, 0.15) is 23.3 Å². The second-order valence-electron chi connectivity index (χ2n) is 7.33. The Kier molecular flexibility index (Phi) is 4.59. The Morgan fingerprint density at radius 1 is 0.931 bits per heavy atom. The topological polar surface area (TPSA) is 70.8 Å². The molecule has 1 aliphatic heterocycles. The molecule has 1 N–H and O–H groups in total. The molecule has 5 nitrogen and oxygen atoms in total. The zero-order valence-electron chi connectivity index (χ0n) is 16.5. The molecular weight excluding hydrogens is 366 g/mol. The summed E-state index contributed by atoms with van der Waals surface area (Å²) in [5, 5.41) is 11.0. The lowest BCUT2D eigenvalue weighted by molar-refractivity contribution is -0.132. The fraction of sp³-hybridized carbons (Fsp3) is 0.167. The number of aliphatic hydroxyl groups is 1. The maximum absolute atomic E-state index is 13.1. The summed E-state index contributed by atoms with van der Waals surface area (Å²) in [5.74, 6) is -0.546. The van der Waals surface area contributed by atoms with Gasteiger partial charge in [-0.25, -0.2) is 0 Å². The van der Waals surface area contributed by atoms with Gasteiger partial charge in [-0.2, -0.15) is 0 Å². The quantitative estimate of drug-likeness (QED) is 0.397. The van der Waals surface area contributed by atoms with Crippen molar-refractivity contribution in [2.45, 2.75) is 26.8 Å². The Morgan fingerprint density at radius 2 is 1.59 bits per heavy atom. The van der Waals surface area contributed by atoms with Gasteiger partial charge in [0.05, 0.1) is 5.57 Å². The number of nitrogens with zero attached hydrogens (tertiary/aromatic N) is 1. The Bertz CT molecular complexity index is 1120. The van der Waals surface area contributed by atoms with Crippen LogP contribution in [0.25, 0.3) is 5.76 Å². The van der Waals surface area contributed by atoms with E-state index in [4.69, 9.17) is 4.42 Å². The van der Waals surface area contributed by atoms with Crippen LogP contribution in [0.15, 0.2) is 70.7 Å². The lowest BCUT2D eigenvalue weighted by Gasteiger charge is -2.24. The summed E-state index contributed by atoms with van der Waals surface area (Å²) in [4.78, 5) is 27.5. The molecule has 146 valence electrons. The molecule has 0 bridgehead atoms. The van der Waals surface area contributed by atoms with Crippen LogP contribution >= 0.6 is 0 Å². The van der Waals surface area contributed by atoms with Crippen molar-refractivity contribution in [1.82, 2.24) is 0 Å². The number of benzene rings is 2. The maximum atomic E-state index is 13.1. The number of carbonyl (C=O) groups excluding carboxylic acids is 2. The molecule has 0 saturated carbocycles. The number of Topliss-reactive ketones (excluding diaryl/α,β-unsaturated/α-hetero) is 1. The van der Waals surface area contributed by atoms with E-state index in [1.807, 2.05) is 38.1 Å². The number of rotatable bonds is 3. The Labute approximate surface area is 168 Å². The SMILES string of the molecule is Cc1cc(C)cc(N2C(=O)C(=O)/C(=C(\O)c3ccccc3)C2c2ccc(C)o2)c1. The molecule has 1 atom stereocenters. The highest BCUT2D eigenvalue weighted by atomic mass is 16.3.